The van der Waals surface area contributed by atoms with Gasteiger partial charge in [0.05, 0.1) is 16.6 Å². The van der Waals surface area contributed by atoms with Crippen LogP contribution in [0.15, 0.2) is 18.2 Å². The van der Waals surface area contributed by atoms with Crippen molar-refractivity contribution in [1.82, 2.24) is 5.32 Å². The first-order chi connectivity index (χ1) is 9.45. The Hall–Kier alpha value is -3.15. The molecule has 9 nitrogen and oxygen atoms in total. The van der Waals surface area contributed by atoms with Gasteiger partial charge < -0.3 is 15.2 Å². The van der Waals surface area contributed by atoms with Gasteiger partial charge in [-0.25, -0.2) is 4.79 Å². The summed E-state index contributed by atoms with van der Waals surface area (Å²) in [5.41, 5.74) is -0.661. The van der Waals surface area contributed by atoms with Crippen LogP contribution in [0.5, 0.6) is 5.75 Å². The number of nitro benzene ring substituents is 1. The number of amides is 1. The summed E-state index contributed by atoms with van der Waals surface area (Å²) in [7, 11) is 0. The predicted molar refractivity (Wildman–Crippen MR) is 64.2 cm³/mol. The standard InChI is InChI=1S/C11H9N3O6/c12-3-4-13-10(15)6-20-9-5-7(11(16)17)1-2-8(9)14(18)19/h1-2,5H,4,6H2,(H,13,15)(H,16,17). The normalized spacial score (nSPS) is 9.35. The molecule has 0 fully saturated rings. The van der Waals surface area contributed by atoms with E-state index in [1.54, 1.807) is 6.07 Å². The molecule has 104 valence electrons. The van der Waals surface area contributed by atoms with Gasteiger partial charge in [-0.1, -0.05) is 0 Å². The molecule has 0 aliphatic carbocycles. The van der Waals surface area contributed by atoms with Crippen molar-refractivity contribution in [3.05, 3.63) is 33.9 Å². The Bertz CT molecular complexity index is 592. The number of hydrogen-bond donors (Lipinski definition) is 2. The minimum atomic E-state index is -1.28. The highest BCUT2D eigenvalue weighted by Crippen LogP contribution is 2.27. The lowest BCUT2D eigenvalue weighted by molar-refractivity contribution is -0.385. The molecule has 1 aromatic rings. The molecular formula is C11H9N3O6. The van der Waals surface area contributed by atoms with Crippen molar-refractivity contribution in [2.24, 2.45) is 0 Å². The third kappa shape index (κ3) is 3.95. The third-order valence-corrected chi connectivity index (χ3v) is 2.13. The van der Waals surface area contributed by atoms with Gasteiger partial charge in [0.25, 0.3) is 5.91 Å². The lowest BCUT2D eigenvalue weighted by Gasteiger charge is -2.07. The number of aromatic carboxylic acids is 1. The van der Waals surface area contributed by atoms with E-state index >= 15 is 0 Å². The fourth-order valence-corrected chi connectivity index (χ4v) is 1.25. The Balaban J connectivity index is 2.88. The van der Waals surface area contributed by atoms with E-state index in [0.717, 1.165) is 18.2 Å². The minimum Gasteiger partial charge on any atom is -0.478 e. The monoisotopic (exact) mass is 279 g/mol. The van der Waals surface area contributed by atoms with Gasteiger partial charge in [0, 0.05) is 12.1 Å². The van der Waals surface area contributed by atoms with Crippen LogP contribution in [0, 0.1) is 21.4 Å². The van der Waals surface area contributed by atoms with Gasteiger partial charge in [-0.2, -0.15) is 5.26 Å². The average Bonchev–Trinajstić information content (AvgIpc) is 2.42. The molecule has 0 aliphatic rings. The number of carboxylic acid groups (broad SMARTS) is 1. The highest BCUT2D eigenvalue weighted by atomic mass is 16.6. The Labute approximate surface area is 112 Å². The molecule has 9 heteroatoms. The van der Waals surface area contributed by atoms with E-state index in [-0.39, 0.29) is 17.9 Å². The summed E-state index contributed by atoms with van der Waals surface area (Å²) in [6.07, 6.45) is 0. The zero-order chi connectivity index (χ0) is 15.1. The number of benzene rings is 1. The second-order valence-corrected chi connectivity index (χ2v) is 3.47. The zero-order valence-electron chi connectivity index (χ0n) is 10.0. The van der Waals surface area contributed by atoms with Crippen LogP contribution in [-0.2, 0) is 4.79 Å². The van der Waals surface area contributed by atoms with Crippen molar-refractivity contribution < 1.29 is 24.4 Å². The number of hydrogen-bond acceptors (Lipinski definition) is 6. The second kappa shape index (κ2) is 6.69. The maximum Gasteiger partial charge on any atom is 0.335 e. The molecule has 20 heavy (non-hydrogen) atoms. The summed E-state index contributed by atoms with van der Waals surface area (Å²) in [5.74, 6) is -2.26. The summed E-state index contributed by atoms with van der Waals surface area (Å²) in [6.45, 7) is -0.787. The number of nitrogens with zero attached hydrogens (tertiary/aromatic N) is 2. The molecule has 0 aliphatic heterocycles. The van der Waals surface area contributed by atoms with Crippen LogP contribution in [0.3, 0.4) is 0 Å². The molecule has 0 atom stereocenters. The highest BCUT2D eigenvalue weighted by molar-refractivity contribution is 5.88. The number of nitro groups is 1. The van der Waals surface area contributed by atoms with Crippen LogP contribution >= 0.6 is 0 Å². The van der Waals surface area contributed by atoms with Crippen molar-refractivity contribution in [1.29, 1.82) is 5.26 Å². The number of nitriles is 1. The number of carbonyl (C=O) groups excluding carboxylic acids is 1. The van der Waals surface area contributed by atoms with Crippen molar-refractivity contribution >= 4 is 17.6 Å². The lowest BCUT2D eigenvalue weighted by Crippen LogP contribution is -2.29. The molecule has 0 saturated heterocycles. The van der Waals surface area contributed by atoms with E-state index in [0.29, 0.717) is 0 Å². The van der Waals surface area contributed by atoms with Gasteiger partial charge in [-0.15, -0.1) is 0 Å². The zero-order valence-corrected chi connectivity index (χ0v) is 10.0. The van der Waals surface area contributed by atoms with Crippen molar-refractivity contribution in [2.45, 2.75) is 0 Å². The summed E-state index contributed by atoms with van der Waals surface area (Å²) < 4.78 is 4.92. The largest absolute Gasteiger partial charge is 0.478 e. The predicted octanol–water partition coefficient (Wildman–Crippen LogP) is 0.312. The first-order valence-corrected chi connectivity index (χ1v) is 5.24. The van der Waals surface area contributed by atoms with Crippen LogP contribution < -0.4 is 10.1 Å². The minimum absolute atomic E-state index is 0.206. The quantitative estimate of drug-likeness (QED) is 0.433. The second-order valence-electron chi connectivity index (χ2n) is 3.47. The van der Waals surface area contributed by atoms with E-state index in [1.807, 2.05) is 0 Å². The molecule has 0 unspecified atom stereocenters. The number of carboxylic acids is 1. The number of ether oxygens (including phenoxy) is 1. The summed E-state index contributed by atoms with van der Waals surface area (Å²) in [4.78, 5) is 32.0. The Morgan fingerprint density at radius 1 is 1.50 bits per heavy atom. The Kier molecular flexibility index (Phi) is 4.99. The molecule has 0 heterocycles. The highest BCUT2D eigenvalue weighted by Gasteiger charge is 2.18. The van der Waals surface area contributed by atoms with E-state index in [4.69, 9.17) is 15.1 Å². The smallest absolute Gasteiger partial charge is 0.335 e. The van der Waals surface area contributed by atoms with Crippen LogP contribution in [0.2, 0.25) is 0 Å². The summed E-state index contributed by atoms with van der Waals surface area (Å²) in [6, 6.07) is 4.67. The molecule has 1 rings (SSSR count). The molecule has 1 amide bonds. The maximum atomic E-state index is 11.2. The van der Waals surface area contributed by atoms with Crippen LogP contribution in [0.4, 0.5) is 5.69 Å². The van der Waals surface area contributed by atoms with Gasteiger partial charge in [-0.05, 0) is 6.07 Å². The molecule has 0 radical (unpaired) electrons. The lowest BCUT2D eigenvalue weighted by atomic mass is 10.2. The van der Waals surface area contributed by atoms with E-state index in [9.17, 15) is 19.7 Å². The van der Waals surface area contributed by atoms with Crippen LogP contribution in [-0.4, -0.2) is 35.1 Å². The van der Waals surface area contributed by atoms with Crippen LogP contribution in [0.1, 0.15) is 10.4 Å². The average molecular weight is 279 g/mol. The van der Waals surface area contributed by atoms with Crippen molar-refractivity contribution in [2.75, 3.05) is 13.2 Å². The number of rotatable bonds is 6. The molecule has 2 N–H and O–H groups in total. The molecular weight excluding hydrogens is 270 g/mol. The van der Waals surface area contributed by atoms with Crippen molar-refractivity contribution in [3.8, 4) is 11.8 Å². The van der Waals surface area contributed by atoms with E-state index < -0.39 is 29.1 Å². The van der Waals surface area contributed by atoms with Crippen LogP contribution in [0.25, 0.3) is 0 Å². The fraction of sp³-hybridized carbons (Fsp3) is 0.182. The van der Waals surface area contributed by atoms with Gasteiger partial charge in [0.1, 0.15) is 6.54 Å². The topological polar surface area (TPSA) is 143 Å². The SMILES string of the molecule is N#CCNC(=O)COc1cc(C(=O)O)ccc1[N+](=O)[O-]. The maximum absolute atomic E-state index is 11.2. The van der Waals surface area contributed by atoms with Gasteiger partial charge in [0.15, 0.2) is 12.4 Å². The van der Waals surface area contributed by atoms with E-state index in [2.05, 4.69) is 5.32 Å². The Morgan fingerprint density at radius 2 is 2.20 bits per heavy atom. The molecule has 0 aromatic heterocycles. The van der Waals surface area contributed by atoms with Gasteiger partial charge >= 0.3 is 11.7 Å². The molecule has 0 spiro atoms. The fourth-order valence-electron chi connectivity index (χ4n) is 1.25. The molecule has 1 aromatic carbocycles. The third-order valence-electron chi connectivity index (χ3n) is 2.13. The van der Waals surface area contributed by atoms with E-state index in [1.165, 1.54) is 0 Å². The number of nitrogens with one attached hydrogen (secondary N) is 1. The Morgan fingerprint density at radius 3 is 2.75 bits per heavy atom. The first-order valence-electron chi connectivity index (χ1n) is 5.24. The van der Waals surface area contributed by atoms with Gasteiger partial charge in [-0.3, -0.25) is 14.9 Å². The van der Waals surface area contributed by atoms with Gasteiger partial charge in [0.2, 0.25) is 0 Å². The summed E-state index contributed by atoms with van der Waals surface area (Å²) >= 11 is 0. The molecule has 0 bridgehead atoms. The number of carbonyl (C=O) groups is 2. The van der Waals surface area contributed by atoms with Crippen molar-refractivity contribution in [3.63, 3.8) is 0 Å². The molecule has 0 saturated carbocycles. The summed E-state index contributed by atoms with van der Waals surface area (Å²) in [5, 5.41) is 30.0. The first kappa shape index (κ1) is 14.9.